The quantitative estimate of drug-likeness (QED) is 0.733. The van der Waals surface area contributed by atoms with Crippen molar-refractivity contribution in [1.82, 2.24) is 10.3 Å². The number of carbonyl (C=O) groups excluding carboxylic acids is 2. The highest BCUT2D eigenvalue weighted by molar-refractivity contribution is 6.39. The fourth-order valence-corrected chi connectivity index (χ4v) is 2.68. The Kier molecular flexibility index (Phi) is 7.24. The third-order valence-corrected chi connectivity index (χ3v) is 3.61. The molecule has 0 saturated heterocycles. The Morgan fingerprint density at radius 3 is 2.38 bits per heavy atom. The maximum absolute atomic E-state index is 11.9. The van der Waals surface area contributed by atoms with E-state index >= 15 is 0 Å². The van der Waals surface area contributed by atoms with Crippen LogP contribution in [0.1, 0.15) is 19.4 Å². The average Bonchev–Trinajstić information content (AvgIpc) is 2.55. The lowest BCUT2D eigenvalue weighted by molar-refractivity contribution is -0.136. The molecule has 1 aromatic heterocycles. The standard InChI is InChI=1S/C18H19Cl2N3O3/c1-11(2)26-16-4-3-15(10-22-16)23-18(25)17(24)21-6-5-12-7-13(19)9-14(20)8-12/h3-4,7-11H,5-6H2,1-2H3,(H,21,24)(H,23,25). The minimum absolute atomic E-state index is 0.00287. The number of hydrogen-bond donors (Lipinski definition) is 2. The number of ether oxygens (including phenoxy) is 1. The van der Waals surface area contributed by atoms with Gasteiger partial charge in [-0.05, 0) is 50.1 Å². The Labute approximate surface area is 161 Å². The molecule has 0 aliphatic carbocycles. The van der Waals surface area contributed by atoms with E-state index in [9.17, 15) is 9.59 Å². The average molecular weight is 396 g/mol. The predicted octanol–water partition coefficient (Wildman–Crippen LogP) is 3.47. The highest BCUT2D eigenvalue weighted by Gasteiger charge is 2.13. The maximum atomic E-state index is 11.9. The molecule has 6 nitrogen and oxygen atoms in total. The van der Waals surface area contributed by atoms with E-state index in [1.165, 1.54) is 6.20 Å². The van der Waals surface area contributed by atoms with Gasteiger partial charge in [0.05, 0.1) is 18.0 Å². The summed E-state index contributed by atoms with van der Waals surface area (Å²) in [4.78, 5) is 27.8. The van der Waals surface area contributed by atoms with Crippen LogP contribution < -0.4 is 15.4 Å². The highest BCUT2D eigenvalue weighted by atomic mass is 35.5. The van der Waals surface area contributed by atoms with Crippen molar-refractivity contribution in [3.8, 4) is 5.88 Å². The molecule has 1 aromatic carbocycles. The molecule has 0 aliphatic rings. The number of hydrogen-bond acceptors (Lipinski definition) is 4. The van der Waals surface area contributed by atoms with Crippen molar-refractivity contribution in [2.45, 2.75) is 26.4 Å². The van der Waals surface area contributed by atoms with E-state index in [4.69, 9.17) is 27.9 Å². The zero-order valence-electron chi connectivity index (χ0n) is 14.4. The summed E-state index contributed by atoms with van der Waals surface area (Å²) in [6, 6.07) is 8.38. The van der Waals surface area contributed by atoms with Crippen LogP contribution in [0.15, 0.2) is 36.5 Å². The first-order valence-corrected chi connectivity index (χ1v) is 8.76. The minimum Gasteiger partial charge on any atom is -0.475 e. The number of pyridine rings is 1. The van der Waals surface area contributed by atoms with Gasteiger partial charge in [0.2, 0.25) is 5.88 Å². The number of nitrogens with one attached hydrogen (secondary N) is 2. The second-order valence-electron chi connectivity index (χ2n) is 5.79. The Hall–Kier alpha value is -2.31. The number of nitrogens with zero attached hydrogens (tertiary/aromatic N) is 1. The Bertz CT molecular complexity index is 760. The summed E-state index contributed by atoms with van der Waals surface area (Å²) >= 11 is 11.8. The van der Waals surface area contributed by atoms with Crippen LogP contribution in [0.25, 0.3) is 0 Å². The number of amides is 2. The summed E-state index contributed by atoms with van der Waals surface area (Å²) in [5.41, 5.74) is 1.27. The molecule has 0 radical (unpaired) electrons. The van der Waals surface area contributed by atoms with Crippen molar-refractivity contribution in [3.63, 3.8) is 0 Å². The first-order chi connectivity index (χ1) is 12.3. The lowest BCUT2D eigenvalue weighted by atomic mass is 10.1. The first-order valence-electron chi connectivity index (χ1n) is 8.00. The lowest BCUT2D eigenvalue weighted by Crippen LogP contribution is -2.36. The van der Waals surface area contributed by atoms with Gasteiger partial charge >= 0.3 is 11.8 Å². The zero-order chi connectivity index (χ0) is 19.1. The van der Waals surface area contributed by atoms with Crippen LogP contribution in [0.3, 0.4) is 0 Å². The molecule has 2 aromatic rings. The Morgan fingerprint density at radius 1 is 1.12 bits per heavy atom. The second kappa shape index (κ2) is 9.40. The molecule has 8 heteroatoms. The summed E-state index contributed by atoms with van der Waals surface area (Å²) in [5.74, 6) is -1.06. The smallest absolute Gasteiger partial charge is 0.313 e. The largest absolute Gasteiger partial charge is 0.475 e. The van der Waals surface area contributed by atoms with Gasteiger partial charge in [0.15, 0.2) is 0 Å². The normalized spacial score (nSPS) is 10.5. The molecular weight excluding hydrogens is 377 g/mol. The Balaban J connectivity index is 1.81. The molecule has 0 aliphatic heterocycles. The summed E-state index contributed by atoms with van der Waals surface area (Å²) in [5, 5.41) is 6.07. The molecule has 0 saturated carbocycles. The number of halogens is 2. The number of anilines is 1. The molecule has 26 heavy (non-hydrogen) atoms. The number of carbonyl (C=O) groups is 2. The van der Waals surface area contributed by atoms with Crippen LogP contribution in [-0.2, 0) is 16.0 Å². The molecule has 0 unspecified atom stereocenters. The monoisotopic (exact) mass is 395 g/mol. The summed E-state index contributed by atoms with van der Waals surface area (Å²) in [6.45, 7) is 4.06. The van der Waals surface area contributed by atoms with Crippen molar-refractivity contribution < 1.29 is 14.3 Å². The van der Waals surface area contributed by atoms with E-state index in [0.29, 0.717) is 28.0 Å². The predicted molar refractivity (Wildman–Crippen MR) is 102 cm³/mol. The fourth-order valence-electron chi connectivity index (χ4n) is 2.11. The van der Waals surface area contributed by atoms with Gasteiger partial charge in [-0.3, -0.25) is 9.59 Å². The maximum Gasteiger partial charge on any atom is 0.313 e. The van der Waals surface area contributed by atoms with Crippen LogP contribution in [0.5, 0.6) is 5.88 Å². The molecule has 0 atom stereocenters. The highest BCUT2D eigenvalue weighted by Crippen LogP contribution is 2.19. The number of aromatic nitrogens is 1. The van der Waals surface area contributed by atoms with Gasteiger partial charge in [0.1, 0.15) is 0 Å². The van der Waals surface area contributed by atoms with Crippen LogP contribution in [0.4, 0.5) is 5.69 Å². The molecule has 0 bridgehead atoms. The number of rotatable bonds is 6. The minimum atomic E-state index is -0.770. The summed E-state index contributed by atoms with van der Waals surface area (Å²) < 4.78 is 5.41. The Morgan fingerprint density at radius 2 is 1.81 bits per heavy atom. The van der Waals surface area contributed by atoms with Gasteiger partial charge in [-0.1, -0.05) is 23.2 Å². The summed E-state index contributed by atoms with van der Waals surface area (Å²) in [7, 11) is 0. The summed E-state index contributed by atoms with van der Waals surface area (Å²) in [6.07, 6.45) is 1.93. The van der Waals surface area contributed by atoms with Gasteiger partial charge in [0.25, 0.3) is 0 Å². The van der Waals surface area contributed by atoms with E-state index < -0.39 is 11.8 Å². The molecule has 1 heterocycles. The van der Waals surface area contributed by atoms with E-state index in [1.807, 2.05) is 13.8 Å². The molecular formula is C18H19Cl2N3O3. The van der Waals surface area contributed by atoms with Crippen LogP contribution >= 0.6 is 23.2 Å². The molecule has 0 fully saturated rings. The van der Waals surface area contributed by atoms with Crippen molar-refractivity contribution in [3.05, 3.63) is 52.1 Å². The van der Waals surface area contributed by atoms with E-state index in [2.05, 4.69) is 15.6 Å². The third-order valence-electron chi connectivity index (χ3n) is 3.18. The number of benzene rings is 1. The third kappa shape index (κ3) is 6.54. The fraction of sp³-hybridized carbons (Fsp3) is 0.278. The molecule has 2 N–H and O–H groups in total. The molecule has 2 rings (SSSR count). The second-order valence-corrected chi connectivity index (χ2v) is 6.66. The molecule has 0 spiro atoms. The van der Waals surface area contributed by atoms with Crippen molar-refractivity contribution in [2.24, 2.45) is 0 Å². The van der Waals surface area contributed by atoms with Crippen LogP contribution in [0.2, 0.25) is 10.0 Å². The van der Waals surface area contributed by atoms with Crippen molar-refractivity contribution in [1.29, 1.82) is 0 Å². The van der Waals surface area contributed by atoms with Gasteiger partial charge in [-0.25, -0.2) is 4.98 Å². The van der Waals surface area contributed by atoms with E-state index in [0.717, 1.165) is 5.56 Å². The van der Waals surface area contributed by atoms with Crippen LogP contribution in [-0.4, -0.2) is 29.4 Å². The lowest BCUT2D eigenvalue weighted by Gasteiger charge is -2.10. The topological polar surface area (TPSA) is 80.3 Å². The van der Waals surface area contributed by atoms with E-state index in [-0.39, 0.29) is 12.6 Å². The van der Waals surface area contributed by atoms with Gasteiger partial charge in [0, 0.05) is 22.7 Å². The first kappa shape index (κ1) is 20.0. The van der Waals surface area contributed by atoms with Gasteiger partial charge < -0.3 is 15.4 Å². The van der Waals surface area contributed by atoms with Gasteiger partial charge in [-0.2, -0.15) is 0 Å². The zero-order valence-corrected chi connectivity index (χ0v) is 15.9. The molecule has 2 amide bonds. The van der Waals surface area contributed by atoms with Gasteiger partial charge in [-0.15, -0.1) is 0 Å². The SMILES string of the molecule is CC(C)Oc1ccc(NC(=O)C(=O)NCCc2cc(Cl)cc(Cl)c2)cn1. The van der Waals surface area contributed by atoms with Crippen molar-refractivity contribution in [2.75, 3.05) is 11.9 Å². The molecule has 138 valence electrons. The van der Waals surface area contributed by atoms with Crippen LogP contribution in [0, 0.1) is 0 Å². The van der Waals surface area contributed by atoms with Crippen molar-refractivity contribution >= 4 is 40.7 Å². The van der Waals surface area contributed by atoms with E-state index in [1.54, 1.807) is 30.3 Å².